The molecule has 0 saturated heterocycles. The molecule has 0 aromatic carbocycles. The second kappa shape index (κ2) is 15.7. The summed E-state index contributed by atoms with van der Waals surface area (Å²) in [5.74, 6) is 0. The molecule has 1 nitrogen and oxygen atoms in total. The zero-order valence-electron chi connectivity index (χ0n) is 11.6. The molecule has 0 aliphatic heterocycles. The Hall–Kier alpha value is -0.300. The van der Waals surface area contributed by atoms with Crippen LogP contribution in [0.15, 0.2) is 12.7 Å². The molecule has 1 heteroatoms. The molecular formula is C16H31O. The molecule has 0 amide bonds. The van der Waals surface area contributed by atoms with Crippen molar-refractivity contribution in [3.63, 3.8) is 0 Å². The molecule has 0 aromatic heterocycles. The fourth-order valence-corrected chi connectivity index (χ4v) is 2.16. The highest BCUT2D eigenvalue weighted by Gasteiger charge is 1.93. The molecule has 0 atom stereocenters. The highest BCUT2D eigenvalue weighted by molar-refractivity contribution is 4.65. The summed E-state index contributed by atoms with van der Waals surface area (Å²) in [5, 5.41) is 10.2. The van der Waals surface area contributed by atoms with Crippen molar-refractivity contribution in [3.05, 3.63) is 12.7 Å². The maximum Gasteiger partial charge on any atom is 0.0822 e. The van der Waals surface area contributed by atoms with E-state index < -0.39 is 0 Å². The molecule has 0 aliphatic rings. The molecular weight excluding hydrogens is 208 g/mol. The second-order valence-electron chi connectivity index (χ2n) is 5.02. The van der Waals surface area contributed by atoms with Crippen LogP contribution in [0.4, 0.5) is 0 Å². The van der Waals surface area contributed by atoms with Crippen molar-refractivity contribution in [3.8, 4) is 0 Å². The van der Waals surface area contributed by atoms with Gasteiger partial charge in [-0.2, -0.15) is 0 Å². The van der Waals surface area contributed by atoms with Gasteiger partial charge in [0.1, 0.15) is 0 Å². The third-order valence-corrected chi connectivity index (χ3v) is 3.30. The highest BCUT2D eigenvalue weighted by atomic mass is 16.2. The molecule has 0 saturated carbocycles. The van der Waals surface area contributed by atoms with Gasteiger partial charge in [-0.05, 0) is 19.3 Å². The second-order valence-corrected chi connectivity index (χ2v) is 5.02. The van der Waals surface area contributed by atoms with Crippen LogP contribution >= 0.6 is 0 Å². The molecule has 0 spiro atoms. The van der Waals surface area contributed by atoms with Crippen LogP contribution in [0.5, 0.6) is 0 Å². The van der Waals surface area contributed by atoms with Gasteiger partial charge in [-0.1, -0.05) is 70.3 Å². The van der Waals surface area contributed by atoms with Gasteiger partial charge in [-0.3, -0.25) is 0 Å². The minimum Gasteiger partial charge on any atom is -0.237 e. The van der Waals surface area contributed by atoms with Gasteiger partial charge in [0.15, 0.2) is 0 Å². The van der Waals surface area contributed by atoms with E-state index in [1.807, 2.05) is 6.08 Å². The zero-order valence-corrected chi connectivity index (χ0v) is 11.6. The SMILES string of the molecule is C=CCCCCCCCCCCCCCC[O]. The maximum absolute atomic E-state index is 10.2. The summed E-state index contributed by atoms with van der Waals surface area (Å²) >= 11 is 0. The number of allylic oxidation sites excluding steroid dienone is 1. The fraction of sp³-hybridized carbons (Fsp3) is 0.875. The van der Waals surface area contributed by atoms with E-state index in [0.29, 0.717) is 0 Å². The van der Waals surface area contributed by atoms with Crippen molar-refractivity contribution in [1.82, 2.24) is 0 Å². The lowest BCUT2D eigenvalue weighted by molar-refractivity contribution is 0.186. The topological polar surface area (TPSA) is 19.9 Å². The van der Waals surface area contributed by atoms with E-state index in [1.165, 1.54) is 70.6 Å². The zero-order chi connectivity index (χ0) is 12.6. The van der Waals surface area contributed by atoms with Gasteiger partial charge < -0.3 is 0 Å². The lowest BCUT2D eigenvalue weighted by Gasteiger charge is -2.02. The standard InChI is InChI=1S/C16H31O/c1-2-3-4-5-6-7-8-9-10-11-12-13-14-15-16-17/h2H,1,3-16H2. The van der Waals surface area contributed by atoms with Crippen LogP contribution in [-0.2, 0) is 5.11 Å². The van der Waals surface area contributed by atoms with Crippen LogP contribution in [-0.4, -0.2) is 6.61 Å². The minimum absolute atomic E-state index is 0.117. The summed E-state index contributed by atoms with van der Waals surface area (Å²) in [6, 6.07) is 0. The highest BCUT2D eigenvalue weighted by Crippen LogP contribution is 2.12. The summed E-state index contributed by atoms with van der Waals surface area (Å²) < 4.78 is 0. The van der Waals surface area contributed by atoms with Crippen molar-refractivity contribution >= 4 is 0 Å². The number of hydrogen-bond donors (Lipinski definition) is 0. The van der Waals surface area contributed by atoms with Crippen LogP contribution in [0.25, 0.3) is 0 Å². The van der Waals surface area contributed by atoms with E-state index in [1.54, 1.807) is 0 Å². The Morgan fingerprint density at radius 2 is 0.941 bits per heavy atom. The summed E-state index contributed by atoms with van der Waals surface area (Å²) in [6.07, 6.45) is 18.9. The smallest absolute Gasteiger partial charge is 0.0822 e. The summed E-state index contributed by atoms with van der Waals surface area (Å²) in [7, 11) is 0. The van der Waals surface area contributed by atoms with E-state index in [0.717, 1.165) is 12.8 Å². The van der Waals surface area contributed by atoms with Crippen LogP contribution in [0, 0.1) is 0 Å². The van der Waals surface area contributed by atoms with E-state index >= 15 is 0 Å². The maximum atomic E-state index is 10.2. The van der Waals surface area contributed by atoms with Gasteiger partial charge in [-0.25, -0.2) is 5.11 Å². The number of hydrogen-bond acceptors (Lipinski definition) is 0. The molecule has 0 unspecified atom stereocenters. The first-order valence-corrected chi connectivity index (χ1v) is 7.61. The molecule has 0 heterocycles. The fourth-order valence-electron chi connectivity index (χ4n) is 2.16. The predicted molar refractivity (Wildman–Crippen MR) is 75.8 cm³/mol. The molecule has 1 radical (unpaired) electrons. The Morgan fingerprint density at radius 1 is 0.588 bits per heavy atom. The van der Waals surface area contributed by atoms with Crippen molar-refractivity contribution in [2.75, 3.05) is 6.61 Å². The minimum atomic E-state index is 0.117. The average molecular weight is 239 g/mol. The van der Waals surface area contributed by atoms with Gasteiger partial charge in [-0.15, -0.1) is 6.58 Å². The lowest BCUT2D eigenvalue weighted by atomic mass is 10.0. The number of rotatable bonds is 14. The predicted octanol–water partition coefficient (Wildman–Crippen LogP) is 5.67. The third-order valence-electron chi connectivity index (χ3n) is 3.30. The van der Waals surface area contributed by atoms with E-state index in [2.05, 4.69) is 6.58 Å². The van der Waals surface area contributed by atoms with Gasteiger partial charge in [0.25, 0.3) is 0 Å². The van der Waals surface area contributed by atoms with E-state index in [4.69, 9.17) is 0 Å². The van der Waals surface area contributed by atoms with Crippen molar-refractivity contribution in [2.24, 2.45) is 0 Å². The normalized spacial score (nSPS) is 10.6. The van der Waals surface area contributed by atoms with Crippen LogP contribution in [0.1, 0.15) is 83.5 Å². The van der Waals surface area contributed by atoms with Gasteiger partial charge in [0, 0.05) is 0 Å². The summed E-state index contributed by atoms with van der Waals surface area (Å²) in [5.41, 5.74) is 0. The van der Waals surface area contributed by atoms with Crippen molar-refractivity contribution in [2.45, 2.75) is 83.5 Å². The first-order chi connectivity index (χ1) is 8.41. The molecule has 0 fully saturated rings. The largest absolute Gasteiger partial charge is 0.237 e. The third kappa shape index (κ3) is 15.7. The average Bonchev–Trinajstić information content (AvgIpc) is 2.35. The number of unbranched alkanes of at least 4 members (excludes halogenated alkanes) is 12. The lowest BCUT2D eigenvalue weighted by Crippen LogP contribution is -1.84. The summed E-state index contributed by atoms with van der Waals surface area (Å²) in [4.78, 5) is 0. The van der Waals surface area contributed by atoms with Gasteiger partial charge in [0.05, 0.1) is 6.61 Å². The van der Waals surface area contributed by atoms with E-state index in [9.17, 15) is 5.11 Å². The van der Waals surface area contributed by atoms with Crippen LogP contribution in [0.2, 0.25) is 0 Å². The first-order valence-electron chi connectivity index (χ1n) is 7.61. The quantitative estimate of drug-likeness (QED) is 0.275. The monoisotopic (exact) mass is 239 g/mol. The molecule has 0 aliphatic carbocycles. The Balaban J connectivity index is 2.87. The van der Waals surface area contributed by atoms with Crippen molar-refractivity contribution in [1.29, 1.82) is 0 Å². The van der Waals surface area contributed by atoms with Gasteiger partial charge >= 0.3 is 0 Å². The molecule has 101 valence electrons. The van der Waals surface area contributed by atoms with Gasteiger partial charge in [0.2, 0.25) is 0 Å². The van der Waals surface area contributed by atoms with Crippen LogP contribution < -0.4 is 0 Å². The van der Waals surface area contributed by atoms with Crippen LogP contribution in [0.3, 0.4) is 0 Å². The molecule has 0 N–H and O–H groups in total. The molecule has 0 rings (SSSR count). The Labute approximate surface area is 108 Å². The Kier molecular flexibility index (Phi) is 15.4. The Bertz CT molecular complexity index is 142. The Morgan fingerprint density at radius 3 is 1.29 bits per heavy atom. The summed E-state index contributed by atoms with van der Waals surface area (Å²) in [6.45, 7) is 3.85. The van der Waals surface area contributed by atoms with E-state index in [-0.39, 0.29) is 6.61 Å². The molecule has 0 bridgehead atoms. The molecule has 17 heavy (non-hydrogen) atoms. The van der Waals surface area contributed by atoms with Crippen molar-refractivity contribution < 1.29 is 5.11 Å². The molecule has 0 aromatic rings. The first kappa shape index (κ1) is 16.7.